The van der Waals surface area contributed by atoms with Crippen LogP contribution in [0.1, 0.15) is 64.7 Å². The zero-order valence-electron chi connectivity index (χ0n) is 16.2. The number of hydrogen-bond donors (Lipinski definition) is 3. The van der Waals surface area contributed by atoms with E-state index in [1.54, 1.807) is 0 Å². The molecule has 26 heavy (non-hydrogen) atoms. The van der Waals surface area contributed by atoms with E-state index < -0.39 is 11.0 Å². The molecule has 0 aromatic carbocycles. The first kappa shape index (κ1) is 18.7. The lowest BCUT2D eigenvalue weighted by atomic mass is 9.40. The molecule has 0 unspecified atom stereocenters. The van der Waals surface area contributed by atoms with Gasteiger partial charge in [0.05, 0.1) is 31.3 Å². The van der Waals surface area contributed by atoms with Gasteiger partial charge in [-0.15, -0.1) is 0 Å². The molecular weight excluding hydrogens is 332 g/mol. The van der Waals surface area contributed by atoms with Gasteiger partial charge in [-0.1, -0.05) is 13.3 Å². The number of aliphatic hydroxyl groups excluding tert-OH is 2. The molecule has 4 saturated carbocycles. The molecule has 0 aromatic heterocycles. The third-order valence-electron chi connectivity index (χ3n) is 9.29. The molecule has 2 bridgehead atoms. The van der Waals surface area contributed by atoms with Crippen molar-refractivity contribution in [2.24, 2.45) is 34.0 Å². The molecule has 0 aromatic rings. The maximum Gasteiger partial charge on any atom is 0.314 e. The van der Waals surface area contributed by atoms with Gasteiger partial charge in [-0.2, -0.15) is 0 Å². The summed E-state index contributed by atoms with van der Waals surface area (Å²) >= 11 is 0. The van der Waals surface area contributed by atoms with Gasteiger partial charge in [0.2, 0.25) is 0 Å². The minimum absolute atomic E-state index is 0.0148. The average Bonchev–Trinajstić information content (AvgIpc) is 2.85. The van der Waals surface area contributed by atoms with Crippen LogP contribution in [0.5, 0.6) is 0 Å². The van der Waals surface area contributed by atoms with Crippen LogP contribution >= 0.6 is 0 Å². The van der Waals surface area contributed by atoms with Crippen molar-refractivity contribution >= 4 is 5.97 Å². The SMILES string of the molecule is COC(=O)[C@]1(CO)CCC[C@@]2(C)[C@@H]3CC[C@H]4C[C@@]3(CC[C@H]12)C[C@]4(O)CO. The van der Waals surface area contributed by atoms with Gasteiger partial charge in [-0.05, 0) is 80.0 Å². The van der Waals surface area contributed by atoms with Crippen LogP contribution in [0, 0.1) is 34.0 Å². The summed E-state index contributed by atoms with van der Waals surface area (Å²) in [4.78, 5) is 12.7. The summed E-state index contributed by atoms with van der Waals surface area (Å²) < 4.78 is 5.15. The molecule has 7 atom stereocenters. The third-order valence-corrected chi connectivity index (χ3v) is 9.29. The average molecular weight is 366 g/mol. The van der Waals surface area contributed by atoms with E-state index in [1.165, 1.54) is 7.11 Å². The number of aliphatic hydroxyl groups is 3. The van der Waals surface area contributed by atoms with Gasteiger partial charge in [-0.25, -0.2) is 0 Å². The van der Waals surface area contributed by atoms with E-state index in [-0.39, 0.29) is 41.8 Å². The van der Waals surface area contributed by atoms with Crippen molar-refractivity contribution in [1.82, 2.24) is 0 Å². The second-order valence-electron chi connectivity index (χ2n) is 10.1. The highest BCUT2D eigenvalue weighted by Gasteiger charge is 2.69. The van der Waals surface area contributed by atoms with E-state index in [0.717, 1.165) is 44.9 Å². The van der Waals surface area contributed by atoms with Crippen molar-refractivity contribution in [1.29, 1.82) is 0 Å². The number of carbonyl (C=O) groups is 1. The first-order valence-corrected chi connectivity index (χ1v) is 10.3. The molecule has 1 spiro atoms. The Morgan fingerprint density at radius 2 is 1.85 bits per heavy atom. The number of carbonyl (C=O) groups excluding carboxylic acids is 1. The second-order valence-corrected chi connectivity index (χ2v) is 10.1. The van der Waals surface area contributed by atoms with E-state index in [0.29, 0.717) is 18.8 Å². The number of rotatable bonds is 3. The minimum Gasteiger partial charge on any atom is -0.469 e. The Morgan fingerprint density at radius 3 is 2.50 bits per heavy atom. The van der Waals surface area contributed by atoms with Gasteiger partial charge in [0.25, 0.3) is 0 Å². The number of hydrogen-bond acceptors (Lipinski definition) is 5. The van der Waals surface area contributed by atoms with E-state index >= 15 is 0 Å². The number of esters is 1. The van der Waals surface area contributed by atoms with Crippen LogP contribution in [0.3, 0.4) is 0 Å². The fourth-order valence-corrected chi connectivity index (χ4v) is 8.32. The molecule has 0 saturated heterocycles. The smallest absolute Gasteiger partial charge is 0.314 e. The molecule has 0 amide bonds. The lowest BCUT2D eigenvalue weighted by Gasteiger charge is -2.63. The maximum absolute atomic E-state index is 12.7. The van der Waals surface area contributed by atoms with Gasteiger partial charge >= 0.3 is 5.97 Å². The van der Waals surface area contributed by atoms with E-state index in [1.807, 2.05) is 0 Å². The predicted molar refractivity (Wildman–Crippen MR) is 96.1 cm³/mol. The fraction of sp³-hybridized carbons (Fsp3) is 0.952. The second kappa shape index (κ2) is 5.92. The summed E-state index contributed by atoms with van der Waals surface area (Å²) in [6, 6.07) is 0. The summed E-state index contributed by atoms with van der Waals surface area (Å²) in [5.74, 6) is 0.534. The van der Waals surface area contributed by atoms with E-state index in [2.05, 4.69) is 6.92 Å². The van der Waals surface area contributed by atoms with Gasteiger partial charge in [-0.3, -0.25) is 4.79 Å². The standard InChI is InChI=1S/C21H34O5/c1-18-7-3-8-20(12-22,17(24)26-2)16(18)6-9-19-10-14(4-5-15(18)19)21(25,11-19)13-23/h14-16,22-23,25H,3-13H2,1-2H3/t14-,15-,16-,18-,19-,20-,21-/m0/s1. The van der Waals surface area contributed by atoms with Crippen LogP contribution in [0.15, 0.2) is 0 Å². The normalized spacial score (nSPS) is 52.9. The lowest BCUT2D eigenvalue weighted by molar-refractivity contribution is -0.194. The minimum atomic E-state index is -0.928. The van der Waals surface area contributed by atoms with Gasteiger partial charge < -0.3 is 20.1 Å². The topological polar surface area (TPSA) is 87.0 Å². The monoisotopic (exact) mass is 366 g/mol. The Balaban J connectivity index is 1.73. The Hall–Kier alpha value is -0.650. The highest BCUT2D eigenvalue weighted by atomic mass is 16.5. The zero-order valence-corrected chi connectivity index (χ0v) is 16.2. The fourth-order valence-electron chi connectivity index (χ4n) is 8.32. The summed E-state index contributed by atoms with van der Waals surface area (Å²) in [6.07, 6.45) is 8.30. The summed E-state index contributed by atoms with van der Waals surface area (Å²) in [6.45, 7) is 2.05. The predicted octanol–water partition coefficient (Wildman–Crippen LogP) is 2.27. The Labute approximate surface area is 156 Å². The quantitative estimate of drug-likeness (QED) is 0.667. The summed E-state index contributed by atoms with van der Waals surface area (Å²) in [5.41, 5.74) is -1.63. The van der Waals surface area contributed by atoms with Crippen molar-refractivity contribution < 1.29 is 24.9 Å². The van der Waals surface area contributed by atoms with Gasteiger partial charge in [0, 0.05) is 0 Å². The van der Waals surface area contributed by atoms with Crippen molar-refractivity contribution in [2.75, 3.05) is 20.3 Å². The Bertz CT molecular complexity index is 593. The van der Waals surface area contributed by atoms with Crippen LogP contribution in [-0.4, -0.2) is 47.2 Å². The third kappa shape index (κ3) is 2.17. The molecule has 4 fully saturated rings. The molecule has 5 nitrogen and oxygen atoms in total. The lowest BCUT2D eigenvalue weighted by Crippen LogP contribution is -2.60. The molecule has 4 aliphatic rings. The molecule has 0 radical (unpaired) electrons. The maximum atomic E-state index is 12.7. The first-order chi connectivity index (χ1) is 12.3. The number of fused-ring (bicyclic) bond motifs is 3. The van der Waals surface area contributed by atoms with Gasteiger partial charge in [0.1, 0.15) is 0 Å². The summed E-state index contributed by atoms with van der Waals surface area (Å²) in [7, 11) is 1.43. The highest BCUT2D eigenvalue weighted by molar-refractivity contribution is 5.77. The van der Waals surface area contributed by atoms with Crippen LogP contribution in [-0.2, 0) is 9.53 Å². The van der Waals surface area contributed by atoms with Crippen molar-refractivity contribution in [3.05, 3.63) is 0 Å². The van der Waals surface area contributed by atoms with Gasteiger partial charge in [0.15, 0.2) is 0 Å². The molecule has 0 heterocycles. The highest BCUT2D eigenvalue weighted by Crippen LogP contribution is 2.72. The van der Waals surface area contributed by atoms with Crippen LogP contribution in [0.2, 0.25) is 0 Å². The number of ether oxygens (including phenoxy) is 1. The van der Waals surface area contributed by atoms with Crippen LogP contribution in [0.4, 0.5) is 0 Å². The van der Waals surface area contributed by atoms with Crippen molar-refractivity contribution in [3.63, 3.8) is 0 Å². The van der Waals surface area contributed by atoms with Crippen LogP contribution < -0.4 is 0 Å². The van der Waals surface area contributed by atoms with Crippen molar-refractivity contribution in [2.45, 2.75) is 70.3 Å². The van der Waals surface area contributed by atoms with E-state index in [9.17, 15) is 20.1 Å². The molecular formula is C21H34O5. The van der Waals surface area contributed by atoms with Crippen LogP contribution in [0.25, 0.3) is 0 Å². The largest absolute Gasteiger partial charge is 0.469 e. The molecule has 4 rings (SSSR count). The summed E-state index contributed by atoms with van der Waals surface area (Å²) in [5, 5.41) is 31.1. The molecule has 4 aliphatic carbocycles. The molecule has 0 aliphatic heterocycles. The first-order valence-electron chi connectivity index (χ1n) is 10.3. The Morgan fingerprint density at radius 1 is 1.08 bits per heavy atom. The number of methoxy groups -OCH3 is 1. The van der Waals surface area contributed by atoms with E-state index in [4.69, 9.17) is 4.74 Å². The Kier molecular flexibility index (Phi) is 4.26. The molecule has 3 N–H and O–H groups in total. The zero-order chi connectivity index (χ0) is 18.8. The van der Waals surface area contributed by atoms with Crippen molar-refractivity contribution in [3.8, 4) is 0 Å². The molecule has 148 valence electrons. The molecule has 5 heteroatoms.